The summed E-state index contributed by atoms with van der Waals surface area (Å²) in [7, 11) is 0. The Morgan fingerprint density at radius 3 is 0.667 bits per heavy atom. The van der Waals surface area contributed by atoms with Crippen molar-refractivity contribution in [1.82, 2.24) is 0 Å². The van der Waals surface area contributed by atoms with Crippen molar-refractivity contribution in [2.45, 2.75) is 41.5 Å². The second kappa shape index (κ2) is 29.2. The van der Waals surface area contributed by atoms with E-state index in [2.05, 4.69) is 41.5 Å². The van der Waals surface area contributed by atoms with Crippen molar-refractivity contribution < 1.29 is 70.7 Å². The molecule has 0 N–H and O–H groups in total. The van der Waals surface area contributed by atoms with Crippen molar-refractivity contribution in [3.63, 3.8) is 0 Å². The van der Waals surface area contributed by atoms with Gasteiger partial charge in [0.25, 0.3) is 0 Å². The van der Waals surface area contributed by atoms with Crippen LogP contribution in [0.5, 0.6) is 0 Å². The van der Waals surface area contributed by atoms with Gasteiger partial charge in [0.2, 0.25) is 0 Å². The van der Waals surface area contributed by atoms with Crippen LogP contribution in [0, 0.1) is 50.4 Å². The molecule has 0 aromatic heterocycles. The summed E-state index contributed by atoms with van der Waals surface area (Å²) >= 11 is 0. The van der Waals surface area contributed by atoms with E-state index < -0.39 is 0 Å². The van der Waals surface area contributed by atoms with E-state index in [0.717, 1.165) is 0 Å². The maximum Gasteiger partial charge on any atom is 2.00 e. The first kappa shape index (κ1) is 36.7. The number of rotatable bonds is 0. The molecule has 1 radical (unpaired) electrons. The molecule has 0 aliphatic rings. The maximum atomic E-state index is 2.08. The van der Waals surface area contributed by atoms with Gasteiger partial charge in [0.05, 0.1) is 0 Å². The van der Waals surface area contributed by atoms with Gasteiger partial charge in [0, 0.05) is 52.2 Å². The fourth-order valence-corrected chi connectivity index (χ4v) is 0. The minimum atomic E-state index is 0. The third-order valence-electron chi connectivity index (χ3n) is 0. The Hall–Kier alpha value is 2.32. The van der Waals surface area contributed by atoms with E-state index in [1.807, 2.05) is 0 Å². The number of hydrogen-bond acceptors (Lipinski definition) is 0. The first-order chi connectivity index (χ1) is 3.46. The molecule has 0 aliphatic heterocycles. The minimum Gasteiger partial charge on any atom is -0.358 e. The van der Waals surface area contributed by atoms with Crippen molar-refractivity contribution in [2.75, 3.05) is 0 Å². The summed E-state index contributed by atoms with van der Waals surface area (Å²) in [5.74, 6) is 2.83. The molecule has 0 saturated carbocycles. The van der Waals surface area contributed by atoms with Gasteiger partial charge in [0.1, 0.15) is 0 Å². The monoisotopic (exact) mass is 602 g/mol. The second-order valence-electron chi connectivity index (χ2n) is 3.00. The maximum absolute atomic E-state index is 2.08. The normalized spacial score (nSPS) is 6.00. The van der Waals surface area contributed by atoms with Crippen molar-refractivity contribution in [1.29, 1.82) is 0 Å². The van der Waals surface area contributed by atoms with Crippen LogP contribution in [0.2, 0.25) is 0 Å². The average molecular weight is 602 g/mol. The Morgan fingerprint density at radius 2 is 0.667 bits per heavy atom. The predicted molar refractivity (Wildman–Crippen MR) is 46.9 cm³/mol. The van der Waals surface area contributed by atoms with Gasteiger partial charge in [-0.3, -0.25) is 0 Å². The molecule has 0 heterocycles. The van der Waals surface area contributed by atoms with Crippen molar-refractivity contribution in [3.8, 4) is 0 Å². The largest absolute Gasteiger partial charge is 2.00 e. The van der Waals surface area contributed by atoms with Gasteiger partial charge >= 0.3 is 18.6 Å². The Balaban J connectivity index is -0.0000000112. The zero-order valence-electron chi connectivity index (χ0n) is 9.36. The summed E-state index contributed by atoms with van der Waals surface area (Å²) in [6.07, 6.45) is 0. The molecule has 0 spiro atoms. The van der Waals surface area contributed by atoms with Crippen LogP contribution in [-0.4, -0.2) is 0 Å². The van der Waals surface area contributed by atoms with E-state index in [1.54, 1.807) is 0 Å². The topological polar surface area (TPSA) is 0 Å². The van der Waals surface area contributed by atoms with Gasteiger partial charge in [-0.05, 0) is 0 Å². The van der Waals surface area contributed by atoms with E-state index in [-0.39, 0.29) is 78.2 Å². The van der Waals surface area contributed by atoms with Crippen molar-refractivity contribution in [2.24, 2.45) is 0 Å². The zero-order chi connectivity index (χ0) is 7.15. The minimum absolute atomic E-state index is 0. The molecule has 0 fully saturated rings. The third-order valence-corrected chi connectivity index (χ3v) is 0. The first-order valence-corrected chi connectivity index (χ1v) is 3.00. The van der Waals surface area contributed by atoms with E-state index in [9.17, 15) is 0 Å². The molecule has 0 aliphatic carbocycles. The second-order valence-corrected chi connectivity index (χ2v) is 3.00. The summed E-state index contributed by atoms with van der Waals surface area (Å²) in [6.45, 7) is 12.5. The van der Waals surface area contributed by atoms with Gasteiger partial charge in [-0.1, -0.05) is 0 Å². The van der Waals surface area contributed by atoms with Crippen LogP contribution in [0.25, 0.3) is 0 Å². The molecule has 0 aromatic carbocycles. The molecule has 0 atom stereocenters. The zero-order valence-corrected chi connectivity index (χ0v) is 17.8. The van der Waals surface area contributed by atoms with Crippen molar-refractivity contribution in [3.05, 3.63) is 19.3 Å². The van der Waals surface area contributed by atoms with Crippen LogP contribution in [-0.2, 0) is 39.6 Å². The summed E-state index contributed by atoms with van der Waals surface area (Å²) in [6, 6.07) is 0. The quantitative estimate of drug-likeness (QED) is 0.372. The molecule has 0 rings (SSSR count). The molecule has 0 aromatic rings. The van der Waals surface area contributed by atoms with Gasteiger partial charge in [-0.2, -0.15) is 41.5 Å². The average Bonchev–Trinajstić information content (AvgIpc) is 1.25. The SMILES string of the molecule is C[C-](C)C.C[C-](C)C.[CH3-].[U].[V+2].[W]. The van der Waals surface area contributed by atoms with E-state index in [1.165, 1.54) is 11.8 Å². The van der Waals surface area contributed by atoms with Crippen molar-refractivity contribution >= 4 is 0 Å². The fourth-order valence-electron chi connectivity index (χ4n) is 0. The predicted octanol–water partition coefficient (Wildman–Crippen LogP) is 3.69. The van der Waals surface area contributed by atoms with Crippen LogP contribution >= 0.6 is 0 Å². The molecule has 0 bridgehead atoms. The Bertz CT molecular complexity index is 30.0. The first-order valence-electron chi connectivity index (χ1n) is 3.00. The standard InChI is InChI=1S/2C4H9.CH3.U.V.W/c2*1-4(2)3;;;;/h2*1-3H3;1H3;;;/q3*-1;;+2;. The van der Waals surface area contributed by atoms with E-state index in [4.69, 9.17) is 0 Å². The molecule has 12 heavy (non-hydrogen) atoms. The summed E-state index contributed by atoms with van der Waals surface area (Å²) in [5.41, 5.74) is 0. The summed E-state index contributed by atoms with van der Waals surface area (Å²) < 4.78 is 0. The summed E-state index contributed by atoms with van der Waals surface area (Å²) in [4.78, 5) is 0. The van der Waals surface area contributed by atoms with Crippen LogP contribution in [0.4, 0.5) is 0 Å². The Labute approximate surface area is 130 Å². The smallest absolute Gasteiger partial charge is 0.358 e. The molecule has 0 amide bonds. The van der Waals surface area contributed by atoms with Gasteiger partial charge in [0.15, 0.2) is 0 Å². The summed E-state index contributed by atoms with van der Waals surface area (Å²) in [5, 5.41) is 0. The molecule has 0 unspecified atom stereocenters. The van der Waals surface area contributed by atoms with Gasteiger partial charge < -0.3 is 19.3 Å². The Morgan fingerprint density at radius 1 is 0.667 bits per heavy atom. The molecular formula is C9H21UVW-. The molecule has 73 valence electrons. The van der Waals surface area contributed by atoms with Crippen LogP contribution in [0.3, 0.4) is 0 Å². The van der Waals surface area contributed by atoms with Gasteiger partial charge in [-0.25, -0.2) is 0 Å². The van der Waals surface area contributed by atoms with E-state index >= 15 is 0 Å². The molecule has 0 saturated heterocycles. The molecule has 3 heteroatoms. The van der Waals surface area contributed by atoms with Gasteiger partial charge in [-0.15, -0.1) is 0 Å². The molecular weight excluding hydrogens is 581 g/mol. The van der Waals surface area contributed by atoms with E-state index in [0.29, 0.717) is 0 Å². The third kappa shape index (κ3) is 292. The fraction of sp³-hybridized carbons (Fsp3) is 0.667. The Kier molecular flexibility index (Phi) is 89.3. The number of hydrogen-bond donors (Lipinski definition) is 0. The van der Waals surface area contributed by atoms with Crippen LogP contribution in [0.1, 0.15) is 41.5 Å². The molecule has 0 nitrogen and oxygen atoms in total. The van der Waals surface area contributed by atoms with Crippen LogP contribution in [0.15, 0.2) is 0 Å². The van der Waals surface area contributed by atoms with Crippen LogP contribution < -0.4 is 0 Å².